The highest BCUT2D eigenvalue weighted by Gasteiger charge is 2.17. The number of nitrogens with one attached hydrogen (secondary N) is 1. The van der Waals surface area contributed by atoms with Crippen LogP contribution in [0.5, 0.6) is 0 Å². The highest BCUT2D eigenvalue weighted by Crippen LogP contribution is 2.28. The molecule has 0 saturated heterocycles. The zero-order valence-electron chi connectivity index (χ0n) is 12.0. The second kappa shape index (κ2) is 6.14. The van der Waals surface area contributed by atoms with Gasteiger partial charge in [-0.3, -0.25) is 0 Å². The Bertz CT molecular complexity index is 580. The molecule has 0 aliphatic heterocycles. The van der Waals surface area contributed by atoms with Crippen molar-refractivity contribution in [3.05, 3.63) is 59.2 Å². The zero-order chi connectivity index (χ0) is 13.8. The van der Waals surface area contributed by atoms with Crippen LogP contribution in [0.3, 0.4) is 0 Å². The van der Waals surface area contributed by atoms with Gasteiger partial charge in [0.15, 0.2) is 0 Å². The molecule has 0 amide bonds. The maximum Gasteiger partial charge on any atom is 0.125 e. The highest BCUT2D eigenvalue weighted by molar-refractivity contribution is 5.31. The molecule has 1 atom stereocenters. The molecular formula is C17H21N3. The molecule has 3 nitrogen and oxygen atoms in total. The standard InChI is InChI=1S/C17H21N3/c1-13-18-11-10-15(20-13)12-19-17-9-5-3-7-14-6-2-4-8-16(14)17/h2,4,6,8,10-11,17,19H,3,5,7,9,12H2,1H3. The summed E-state index contributed by atoms with van der Waals surface area (Å²) in [7, 11) is 0. The first-order valence-electron chi connectivity index (χ1n) is 7.42. The van der Waals surface area contributed by atoms with Gasteiger partial charge < -0.3 is 5.32 Å². The van der Waals surface area contributed by atoms with Gasteiger partial charge in [0.05, 0.1) is 5.69 Å². The van der Waals surface area contributed by atoms with E-state index in [-0.39, 0.29) is 0 Å². The summed E-state index contributed by atoms with van der Waals surface area (Å²) < 4.78 is 0. The summed E-state index contributed by atoms with van der Waals surface area (Å²) in [5, 5.41) is 3.67. The van der Waals surface area contributed by atoms with Crippen LogP contribution < -0.4 is 5.32 Å². The molecule has 1 heterocycles. The molecule has 1 N–H and O–H groups in total. The van der Waals surface area contributed by atoms with Crippen molar-refractivity contribution in [1.29, 1.82) is 0 Å². The number of hydrogen-bond donors (Lipinski definition) is 1. The van der Waals surface area contributed by atoms with Crippen LogP contribution in [0.25, 0.3) is 0 Å². The highest BCUT2D eigenvalue weighted by atomic mass is 15.0. The lowest BCUT2D eigenvalue weighted by Gasteiger charge is -2.19. The Labute approximate surface area is 120 Å². The number of aromatic nitrogens is 2. The van der Waals surface area contributed by atoms with E-state index in [9.17, 15) is 0 Å². The van der Waals surface area contributed by atoms with E-state index in [4.69, 9.17) is 0 Å². The summed E-state index contributed by atoms with van der Waals surface area (Å²) in [5.41, 5.74) is 4.04. The quantitative estimate of drug-likeness (QED) is 0.867. The molecule has 104 valence electrons. The van der Waals surface area contributed by atoms with Crippen LogP contribution in [0, 0.1) is 6.92 Å². The minimum absolute atomic E-state index is 0.448. The third kappa shape index (κ3) is 3.05. The summed E-state index contributed by atoms with van der Waals surface area (Å²) in [5.74, 6) is 0.838. The summed E-state index contributed by atoms with van der Waals surface area (Å²) in [6.07, 6.45) is 6.83. The molecule has 1 aromatic carbocycles. The van der Waals surface area contributed by atoms with Crippen molar-refractivity contribution in [2.24, 2.45) is 0 Å². The molecule has 1 aliphatic rings. The van der Waals surface area contributed by atoms with Crippen molar-refractivity contribution in [3.63, 3.8) is 0 Å². The summed E-state index contributed by atoms with van der Waals surface area (Å²) in [4.78, 5) is 8.61. The third-order valence-corrected chi connectivity index (χ3v) is 3.98. The van der Waals surface area contributed by atoms with Gasteiger partial charge in [0.25, 0.3) is 0 Å². The van der Waals surface area contributed by atoms with E-state index in [1.807, 2.05) is 19.2 Å². The third-order valence-electron chi connectivity index (χ3n) is 3.98. The Morgan fingerprint density at radius 3 is 3.00 bits per heavy atom. The van der Waals surface area contributed by atoms with Crippen molar-refractivity contribution >= 4 is 0 Å². The first kappa shape index (κ1) is 13.3. The van der Waals surface area contributed by atoms with Gasteiger partial charge >= 0.3 is 0 Å². The number of hydrogen-bond acceptors (Lipinski definition) is 3. The number of nitrogens with zero attached hydrogens (tertiary/aromatic N) is 2. The largest absolute Gasteiger partial charge is 0.304 e. The van der Waals surface area contributed by atoms with Crippen LogP contribution in [-0.4, -0.2) is 9.97 Å². The maximum atomic E-state index is 4.46. The lowest BCUT2D eigenvalue weighted by Crippen LogP contribution is -2.22. The fraction of sp³-hybridized carbons (Fsp3) is 0.412. The minimum Gasteiger partial charge on any atom is -0.304 e. The van der Waals surface area contributed by atoms with Crippen molar-refractivity contribution in [2.75, 3.05) is 0 Å². The van der Waals surface area contributed by atoms with Crippen LogP contribution in [0.15, 0.2) is 36.5 Å². The van der Waals surface area contributed by atoms with Crippen molar-refractivity contribution in [2.45, 2.75) is 45.2 Å². The van der Waals surface area contributed by atoms with E-state index in [0.717, 1.165) is 18.1 Å². The second-order valence-electron chi connectivity index (χ2n) is 5.47. The zero-order valence-corrected chi connectivity index (χ0v) is 12.0. The SMILES string of the molecule is Cc1nccc(CNC2CCCCc3ccccc32)n1. The number of fused-ring (bicyclic) bond motifs is 1. The Hall–Kier alpha value is -1.74. The fourth-order valence-electron chi connectivity index (χ4n) is 2.96. The molecule has 0 spiro atoms. The Kier molecular flexibility index (Phi) is 4.07. The molecule has 2 aromatic rings. The van der Waals surface area contributed by atoms with Crippen molar-refractivity contribution < 1.29 is 0 Å². The number of rotatable bonds is 3. The van der Waals surface area contributed by atoms with E-state index < -0.39 is 0 Å². The number of aryl methyl sites for hydroxylation is 2. The lowest BCUT2D eigenvalue weighted by molar-refractivity contribution is 0.485. The molecule has 0 saturated carbocycles. The predicted octanol–water partition coefficient (Wildman–Crippen LogP) is 3.34. The first-order valence-corrected chi connectivity index (χ1v) is 7.42. The number of benzene rings is 1. The van der Waals surface area contributed by atoms with Gasteiger partial charge in [-0.15, -0.1) is 0 Å². The lowest BCUT2D eigenvalue weighted by atomic mass is 9.99. The topological polar surface area (TPSA) is 37.8 Å². The Balaban J connectivity index is 1.74. The summed E-state index contributed by atoms with van der Waals surface area (Å²) >= 11 is 0. The molecule has 1 unspecified atom stereocenters. The van der Waals surface area contributed by atoms with Gasteiger partial charge in [-0.25, -0.2) is 9.97 Å². The normalized spacial score (nSPS) is 18.4. The molecule has 1 aromatic heterocycles. The molecule has 3 heteroatoms. The molecule has 20 heavy (non-hydrogen) atoms. The molecule has 0 fully saturated rings. The summed E-state index contributed by atoms with van der Waals surface area (Å²) in [6, 6.07) is 11.3. The van der Waals surface area contributed by atoms with Crippen LogP contribution in [0.1, 0.15) is 47.9 Å². The van der Waals surface area contributed by atoms with Crippen molar-refractivity contribution in [1.82, 2.24) is 15.3 Å². The van der Waals surface area contributed by atoms with E-state index in [2.05, 4.69) is 39.6 Å². The van der Waals surface area contributed by atoms with E-state index >= 15 is 0 Å². The maximum absolute atomic E-state index is 4.46. The Morgan fingerprint density at radius 1 is 1.20 bits per heavy atom. The van der Waals surface area contributed by atoms with Gasteiger partial charge in [0.2, 0.25) is 0 Å². The van der Waals surface area contributed by atoms with E-state index in [0.29, 0.717) is 6.04 Å². The average molecular weight is 267 g/mol. The molecule has 0 bridgehead atoms. The first-order chi connectivity index (χ1) is 9.83. The molecule has 3 rings (SSSR count). The van der Waals surface area contributed by atoms with E-state index in [1.54, 1.807) is 0 Å². The molecule has 0 radical (unpaired) electrons. The minimum atomic E-state index is 0.448. The van der Waals surface area contributed by atoms with E-state index in [1.165, 1.54) is 36.8 Å². The fourth-order valence-corrected chi connectivity index (χ4v) is 2.96. The summed E-state index contributed by atoms with van der Waals surface area (Å²) in [6.45, 7) is 2.74. The van der Waals surface area contributed by atoms with Gasteiger partial charge in [-0.1, -0.05) is 30.7 Å². The smallest absolute Gasteiger partial charge is 0.125 e. The Morgan fingerprint density at radius 2 is 2.10 bits per heavy atom. The molecule has 1 aliphatic carbocycles. The predicted molar refractivity (Wildman–Crippen MR) is 80.3 cm³/mol. The van der Waals surface area contributed by atoms with Crippen LogP contribution in [0.4, 0.5) is 0 Å². The monoisotopic (exact) mass is 267 g/mol. The van der Waals surface area contributed by atoms with Crippen LogP contribution >= 0.6 is 0 Å². The van der Waals surface area contributed by atoms with Gasteiger partial charge in [0, 0.05) is 18.8 Å². The van der Waals surface area contributed by atoms with Crippen LogP contribution in [-0.2, 0) is 13.0 Å². The van der Waals surface area contributed by atoms with Crippen molar-refractivity contribution in [3.8, 4) is 0 Å². The second-order valence-corrected chi connectivity index (χ2v) is 5.47. The van der Waals surface area contributed by atoms with Crippen LogP contribution in [0.2, 0.25) is 0 Å². The van der Waals surface area contributed by atoms with Gasteiger partial charge in [-0.05, 0) is 43.4 Å². The molecular weight excluding hydrogens is 246 g/mol. The van der Waals surface area contributed by atoms with Gasteiger partial charge in [-0.2, -0.15) is 0 Å². The average Bonchev–Trinajstić information content (AvgIpc) is 2.67. The van der Waals surface area contributed by atoms with Gasteiger partial charge in [0.1, 0.15) is 5.82 Å².